The van der Waals surface area contributed by atoms with E-state index in [9.17, 15) is 4.79 Å². The summed E-state index contributed by atoms with van der Waals surface area (Å²) in [5.74, 6) is 0.451. The molecule has 0 saturated carbocycles. The summed E-state index contributed by atoms with van der Waals surface area (Å²) in [5, 5.41) is 6.30. The van der Waals surface area contributed by atoms with Gasteiger partial charge in [-0.15, -0.1) is 0 Å². The lowest BCUT2D eigenvalue weighted by molar-refractivity contribution is -0.121. The second kappa shape index (κ2) is 8.75. The fourth-order valence-electron chi connectivity index (χ4n) is 2.32. The second-order valence-corrected chi connectivity index (χ2v) is 5.48. The van der Waals surface area contributed by atoms with Gasteiger partial charge in [-0.1, -0.05) is 43.7 Å². The Kier molecular flexibility index (Phi) is 7.31. The number of rotatable bonds is 8. The van der Waals surface area contributed by atoms with Gasteiger partial charge in [0, 0.05) is 19.0 Å². The van der Waals surface area contributed by atoms with Crippen molar-refractivity contribution in [2.45, 2.75) is 52.5 Å². The molecule has 0 bridgehead atoms. The first kappa shape index (κ1) is 16.7. The number of hydrogen-bond donors (Lipinski definition) is 2. The third-order valence-electron chi connectivity index (χ3n) is 3.63. The second-order valence-electron chi connectivity index (χ2n) is 5.48. The van der Waals surface area contributed by atoms with Crippen molar-refractivity contribution in [3.8, 4) is 0 Å². The first-order chi connectivity index (χ1) is 9.56. The van der Waals surface area contributed by atoms with E-state index in [1.54, 1.807) is 0 Å². The molecule has 0 heterocycles. The van der Waals surface area contributed by atoms with Crippen LogP contribution < -0.4 is 10.6 Å². The van der Waals surface area contributed by atoms with Gasteiger partial charge in [0.2, 0.25) is 5.91 Å². The van der Waals surface area contributed by atoms with Crippen LogP contribution >= 0.6 is 0 Å². The van der Waals surface area contributed by atoms with Crippen molar-refractivity contribution in [1.82, 2.24) is 10.6 Å². The van der Waals surface area contributed by atoms with E-state index in [2.05, 4.69) is 62.6 Å². The van der Waals surface area contributed by atoms with E-state index >= 15 is 0 Å². The van der Waals surface area contributed by atoms with Crippen LogP contribution in [0.4, 0.5) is 0 Å². The summed E-state index contributed by atoms with van der Waals surface area (Å²) in [7, 11) is 0. The number of benzene rings is 1. The molecule has 0 fully saturated rings. The number of likely N-dealkylation sites (N-methyl/N-ethyl adjacent to an activating group) is 1. The molecule has 1 rings (SSSR count). The summed E-state index contributed by atoms with van der Waals surface area (Å²) in [5.41, 5.74) is 2.51. The van der Waals surface area contributed by atoms with Gasteiger partial charge in [0.25, 0.3) is 0 Å². The molecular formula is C17H28N2O. The van der Waals surface area contributed by atoms with Crippen molar-refractivity contribution < 1.29 is 4.79 Å². The maximum Gasteiger partial charge on any atom is 0.220 e. The maximum absolute atomic E-state index is 12.0. The van der Waals surface area contributed by atoms with Crippen LogP contribution in [0.3, 0.4) is 0 Å². The quantitative estimate of drug-likeness (QED) is 0.766. The number of amides is 1. The van der Waals surface area contributed by atoms with Crippen LogP contribution in [-0.4, -0.2) is 25.0 Å². The highest BCUT2D eigenvalue weighted by atomic mass is 16.1. The minimum atomic E-state index is 0.141. The van der Waals surface area contributed by atoms with Crippen LogP contribution in [-0.2, 0) is 4.79 Å². The highest BCUT2D eigenvalue weighted by Crippen LogP contribution is 2.23. The van der Waals surface area contributed by atoms with Crippen molar-refractivity contribution >= 4 is 5.91 Å². The molecule has 0 aromatic heterocycles. The predicted molar refractivity (Wildman–Crippen MR) is 85.0 cm³/mol. The molecule has 2 atom stereocenters. The van der Waals surface area contributed by atoms with Gasteiger partial charge in [-0.2, -0.15) is 0 Å². The zero-order valence-corrected chi connectivity index (χ0v) is 13.2. The van der Waals surface area contributed by atoms with Crippen LogP contribution in [0.5, 0.6) is 0 Å². The van der Waals surface area contributed by atoms with E-state index in [0.29, 0.717) is 24.9 Å². The van der Waals surface area contributed by atoms with E-state index in [4.69, 9.17) is 0 Å². The standard InChI is InChI=1S/C17H28N2O/c1-5-15(16-9-7-13(3)8-10-16)11-17(20)19-12-14(4)18-6-2/h7-10,14-15,18H,5-6,11-12H2,1-4H3,(H,19,20)/t14-,15?/m1/s1. The lowest BCUT2D eigenvalue weighted by atomic mass is 9.92. The van der Waals surface area contributed by atoms with Crippen molar-refractivity contribution in [2.24, 2.45) is 0 Å². The van der Waals surface area contributed by atoms with Gasteiger partial charge in [0.15, 0.2) is 0 Å². The molecule has 3 nitrogen and oxygen atoms in total. The Morgan fingerprint density at radius 1 is 1.20 bits per heavy atom. The number of nitrogens with one attached hydrogen (secondary N) is 2. The zero-order chi connectivity index (χ0) is 15.0. The molecular weight excluding hydrogens is 248 g/mol. The minimum absolute atomic E-state index is 0.141. The normalized spacial score (nSPS) is 13.8. The average Bonchev–Trinajstić information content (AvgIpc) is 2.44. The van der Waals surface area contributed by atoms with Gasteiger partial charge < -0.3 is 10.6 Å². The van der Waals surface area contributed by atoms with Crippen LogP contribution in [0.25, 0.3) is 0 Å². The largest absolute Gasteiger partial charge is 0.355 e. The molecule has 1 unspecified atom stereocenters. The summed E-state index contributed by atoms with van der Waals surface area (Å²) in [6.07, 6.45) is 1.55. The minimum Gasteiger partial charge on any atom is -0.355 e. The lowest BCUT2D eigenvalue weighted by Gasteiger charge is -2.17. The molecule has 0 saturated heterocycles. The van der Waals surface area contributed by atoms with Gasteiger partial charge >= 0.3 is 0 Å². The molecule has 0 aliphatic rings. The molecule has 1 aromatic carbocycles. The fraction of sp³-hybridized carbons (Fsp3) is 0.588. The number of carbonyl (C=O) groups is 1. The summed E-state index contributed by atoms with van der Waals surface area (Å²) in [6, 6.07) is 8.82. The maximum atomic E-state index is 12.0. The Bertz CT molecular complexity index is 400. The molecule has 112 valence electrons. The third-order valence-corrected chi connectivity index (χ3v) is 3.63. The van der Waals surface area contributed by atoms with Crippen molar-refractivity contribution in [3.63, 3.8) is 0 Å². The fourth-order valence-corrected chi connectivity index (χ4v) is 2.32. The van der Waals surface area contributed by atoms with E-state index in [0.717, 1.165) is 13.0 Å². The average molecular weight is 276 g/mol. The Hall–Kier alpha value is -1.35. The zero-order valence-electron chi connectivity index (χ0n) is 13.2. The van der Waals surface area contributed by atoms with E-state index in [-0.39, 0.29) is 5.91 Å². The van der Waals surface area contributed by atoms with Crippen LogP contribution in [0.15, 0.2) is 24.3 Å². The molecule has 20 heavy (non-hydrogen) atoms. The van der Waals surface area contributed by atoms with Crippen molar-refractivity contribution in [2.75, 3.05) is 13.1 Å². The van der Waals surface area contributed by atoms with E-state index in [1.807, 2.05) is 0 Å². The number of hydrogen-bond acceptors (Lipinski definition) is 2. The molecule has 0 radical (unpaired) electrons. The van der Waals surface area contributed by atoms with Gasteiger partial charge in [-0.05, 0) is 38.3 Å². The molecule has 0 spiro atoms. The van der Waals surface area contributed by atoms with Crippen molar-refractivity contribution in [3.05, 3.63) is 35.4 Å². The Morgan fingerprint density at radius 3 is 2.40 bits per heavy atom. The highest BCUT2D eigenvalue weighted by Gasteiger charge is 2.14. The Morgan fingerprint density at radius 2 is 1.85 bits per heavy atom. The third kappa shape index (κ3) is 5.74. The van der Waals surface area contributed by atoms with Crippen LogP contribution in [0.2, 0.25) is 0 Å². The number of aryl methyl sites for hydroxylation is 1. The van der Waals surface area contributed by atoms with Gasteiger partial charge in [0.05, 0.1) is 0 Å². The highest BCUT2D eigenvalue weighted by molar-refractivity contribution is 5.76. The molecule has 2 N–H and O–H groups in total. The SMILES string of the molecule is CCN[C@H](C)CNC(=O)CC(CC)c1ccc(C)cc1. The van der Waals surface area contributed by atoms with Crippen LogP contribution in [0, 0.1) is 6.92 Å². The lowest BCUT2D eigenvalue weighted by Crippen LogP contribution is -2.39. The first-order valence-electron chi connectivity index (χ1n) is 7.63. The molecule has 0 aliphatic carbocycles. The molecule has 3 heteroatoms. The predicted octanol–water partition coefficient (Wildman–Crippen LogP) is 2.99. The van der Waals surface area contributed by atoms with Gasteiger partial charge in [0.1, 0.15) is 0 Å². The molecule has 0 aliphatic heterocycles. The number of carbonyl (C=O) groups excluding carboxylic acids is 1. The molecule has 1 aromatic rings. The van der Waals surface area contributed by atoms with E-state index < -0.39 is 0 Å². The smallest absolute Gasteiger partial charge is 0.220 e. The topological polar surface area (TPSA) is 41.1 Å². The Labute approximate surface area is 123 Å². The summed E-state index contributed by atoms with van der Waals surface area (Å²) in [6.45, 7) is 10.00. The van der Waals surface area contributed by atoms with Gasteiger partial charge in [-0.25, -0.2) is 0 Å². The summed E-state index contributed by atoms with van der Waals surface area (Å²) >= 11 is 0. The Balaban J connectivity index is 2.47. The van der Waals surface area contributed by atoms with Crippen LogP contribution in [0.1, 0.15) is 50.7 Å². The monoisotopic (exact) mass is 276 g/mol. The first-order valence-corrected chi connectivity index (χ1v) is 7.63. The summed E-state index contributed by atoms with van der Waals surface area (Å²) in [4.78, 5) is 12.0. The summed E-state index contributed by atoms with van der Waals surface area (Å²) < 4.78 is 0. The van der Waals surface area contributed by atoms with Gasteiger partial charge in [-0.3, -0.25) is 4.79 Å². The van der Waals surface area contributed by atoms with E-state index in [1.165, 1.54) is 11.1 Å². The molecule has 1 amide bonds. The van der Waals surface area contributed by atoms with Crippen molar-refractivity contribution in [1.29, 1.82) is 0 Å².